The van der Waals surface area contributed by atoms with Crippen molar-refractivity contribution in [1.82, 2.24) is 9.78 Å². The smallest absolute Gasteiger partial charge is 0.239 e. The lowest BCUT2D eigenvalue weighted by Gasteiger charge is -2.18. The van der Waals surface area contributed by atoms with Gasteiger partial charge in [0.05, 0.1) is 22.9 Å². The maximum atomic E-state index is 13.7. The first kappa shape index (κ1) is 18.6. The first-order valence-electron chi connectivity index (χ1n) is 7.40. The third-order valence-electron chi connectivity index (χ3n) is 3.77. The zero-order chi connectivity index (χ0) is 19.8. The second-order valence-corrected chi connectivity index (χ2v) is 7.08. The van der Waals surface area contributed by atoms with E-state index in [1.165, 1.54) is 42.7 Å². The molecule has 138 valence electrons. The van der Waals surface area contributed by atoms with Crippen molar-refractivity contribution in [3.8, 4) is 22.9 Å². The van der Waals surface area contributed by atoms with Crippen LogP contribution in [0, 0.1) is 11.3 Å². The third-order valence-corrected chi connectivity index (χ3v) is 4.69. The number of primary sulfonamides is 1. The van der Waals surface area contributed by atoms with Crippen LogP contribution in [-0.4, -0.2) is 18.2 Å². The first-order valence-corrected chi connectivity index (χ1v) is 8.94. The molecule has 0 saturated carbocycles. The fourth-order valence-corrected chi connectivity index (χ4v) is 3.35. The molecule has 1 heterocycles. The van der Waals surface area contributed by atoms with Crippen molar-refractivity contribution in [2.45, 2.75) is 11.1 Å². The van der Waals surface area contributed by atoms with Gasteiger partial charge in [-0.05, 0) is 41.5 Å². The van der Waals surface area contributed by atoms with Crippen molar-refractivity contribution in [3.05, 3.63) is 66.0 Å². The molecule has 0 bridgehead atoms. The molecule has 0 aliphatic heterocycles. The molecule has 0 unspecified atom stereocenters. The first-order chi connectivity index (χ1) is 12.6. The van der Waals surface area contributed by atoms with Crippen LogP contribution in [0.15, 0.2) is 59.8 Å². The number of rotatable bonds is 3. The molecule has 2 aromatic carbocycles. The van der Waals surface area contributed by atoms with Crippen LogP contribution < -0.4 is 5.14 Å². The maximum absolute atomic E-state index is 13.7. The molecule has 0 fully saturated rings. The van der Waals surface area contributed by atoms with Crippen molar-refractivity contribution in [2.24, 2.45) is 5.14 Å². The van der Waals surface area contributed by atoms with Gasteiger partial charge in [0.15, 0.2) is 0 Å². The van der Waals surface area contributed by atoms with Gasteiger partial charge in [0, 0.05) is 12.4 Å². The minimum atomic E-state index is -4.86. The number of nitriles is 1. The van der Waals surface area contributed by atoms with Gasteiger partial charge < -0.3 is 0 Å². The average Bonchev–Trinajstić information content (AvgIpc) is 3.13. The maximum Gasteiger partial charge on any atom is 0.418 e. The minimum Gasteiger partial charge on any atom is -0.239 e. The van der Waals surface area contributed by atoms with Crippen molar-refractivity contribution >= 4 is 10.0 Å². The van der Waals surface area contributed by atoms with Crippen molar-refractivity contribution in [1.29, 1.82) is 5.26 Å². The van der Waals surface area contributed by atoms with Gasteiger partial charge in [-0.3, -0.25) is 0 Å². The summed E-state index contributed by atoms with van der Waals surface area (Å²) in [5.74, 6) is 0. The summed E-state index contributed by atoms with van der Waals surface area (Å²) in [6, 6.07) is 10.8. The summed E-state index contributed by atoms with van der Waals surface area (Å²) in [6.45, 7) is 0. The van der Waals surface area contributed by atoms with E-state index >= 15 is 0 Å². The fraction of sp³-hybridized carbons (Fsp3) is 0.0588. The number of halogens is 3. The van der Waals surface area contributed by atoms with Crippen LogP contribution in [0.2, 0.25) is 0 Å². The number of aromatic nitrogens is 2. The van der Waals surface area contributed by atoms with E-state index in [-0.39, 0.29) is 5.56 Å². The van der Waals surface area contributed by atoms with Crippen LogP contribution in [0.5, 0.6) is 0 Å². The van der Waals surface area contributed by atoms with Crippen LogP contribution in [0.25, 0.3) is 16.8 Å². The number of benzene rings is 2. The van der Waals surface area contributed by atoms with Gasteiger partial charge in [-0.2, -0.15) is 23.5 Å². The van der Waals surface area contributed by atoms with E-state index in [0.29, 0.717) is 11.1 Å². The van der Waals surface area contributed by atoms with Gasteiger partial charge in [0.2, 0.25) is 10.0 Å². The van der Waals surface area contributed by atoms with E-state index in [9.17, 15) is 21.6 Å². The Balaban J connectivity index is 2.37. The summed E-state index contributed by atoms with van der Waals surface area (Å²) >= 11 is 0. The molecule has 0 aliphatic carbocycles. The number of hydrogen-bond acceptors (Lipinski definition) is 4. The number of hydrogen-bond donors (Lipinski definition) is 1. The van der Waals surface area contributed by atoms with Crippen molar-refractivity contribution in [3.63, 3.8) is 0 Å². The molecule has 0 saturated heterocycles. The molecule has 0 spiro atoms. The monoisotopic (exact) mass is 392 g/mol. The number of nitrogens with two attached hydrogens (primary N) is 1. The summed E-state index contributed by atoms with van der Waals surface area (Å²) in [6.07, 6.45) is -2.44. The molecule has 3 rings (SSSR count). The van der Waals surface area contributed by atoms with Crippen LogP contribution in [0.1, 0.15) is 11.1 Å². The third kappa shape index (κ3) is 3.69. The molecule has 0 amide bonds. The van der Waals surface area contributed by atoms with Crippen LogP contribution in [0.3, 0.4) is 0 Å². The van der Waals surface area contributed by atoms with Crippen LogP contribution >= 0.6 is 0 Å². The van der Waals surface area contributed by atoms with E-state index in [1.807, 2.05) is 6.07 Å². The standard InChI is InChI=1S/C17H11F3N4O2S/c18-17(19,20)14-8-13(12-4-2-11(10-21)3-5-12)9-15(27(22,25)26)16(14)24-7-1-6-23-24/h1-9H,(H2,22,25,26). The number of alkyl halides is 3. The molecule has 1 aromatic heterocycles. The second-order valence-electron chi connectivity index (χ2n) is 5.55. The zero-order valence-electron chi connectivity index (χ0n) is 13.5. The van der Waals surface area contributed by atoms with Gasteiger partial charge >= 0.3 is 6.18 Å². The Morgan fingerprint density at radius 1 is 1.11 bits per heavy atom. The van der Waals surface area contributed by atoms with E-state index < -0.39 is 32.3 Å². The largest absolute Gasteiger partial charge is 0.418 e. The van der Waals surface area contributed by atoms with Gasteiger partial charge in [-0.15, -0.1) is 0 Å². The molecule has 6 nitrogen and oxygen atoms in total. The molecular weight excluding hydrogens is 381 g/mol. The molecular formula is C17H11F3N4O2S. The normalized spacial score (nSPS) is 12.0. The molecule has 10 heteroatoms. The molecule has 0 aliphatic rings. The van der Waals surface area contributed by atoms with Crippen LogP contribution in [0.4, 0.5) is 13.2 Å². The van der Waals surface area contributed by atoms with Crippen molar-refractivity contribution < 1.29 is 21.6 Å². The molecule has 0 atom stereocenters. The number of sulfonamides is 1. The zero-order valence-corrected chi connectivity index (χ0v) is 14.3. The van der Waals surface area contributed by atoms with Gasteiger partial charge in [0.25, 0.3) is 0 Å². The quantitative estimate of drug-likeness (QED) is 0.740. The highest BCUT2D eigenvalue weighted by Crippen LogP contribution is 2.39. The fourth-order valence-electron chi connectivity index (χ4n) is 2.58. The Labute approximate surface area is 152 Å². The summed E-state index contributed by atoms with van der Waals surface area (Å²) in [7, 11) is -4.50. The summed E-state index contributed by atoms with van der Waals surface area (Å²) in [5, 5.41) is 17.7. The minimum absolute atomic E-state index is 0.00764. The molecule has 0 radical (unpaired) electrons. The van der Waals surface area contributed by atoms with Gasteiger partial charge in [-0.25, -0.2) is 18.2 Å². The Bertz CT molecular complexity index is 1130. The van der Waals surface area contributed by atoms with Crippen molar-refractivity contribution in [2.75, 3.05) is 0 Å². The molecule has 27 heavy (non-hydrogen) atoms. The van der Waals surface area contributed by atoms with E-state index in [2.05, 4.69) is 5.10 Å². The van der Waals surface area contributed by atoms with Gasteiger partial charge in [-0.1, -0.05) is 12.1 Å². The van der Waals surface area contributed by atoms with E-state index in [4.69, 9.17) is 10.4 Å². The second kappa shape index (κ2) is 6.53. The predicted octanol–water partition coefficient (Wildman–Crippen LogP) is 3.08. The lowest BCUT2D eigenvalue weighted by molar-refractivity contribution is -0.137. The highest BCUT2D eigenvalue weighted by atomic mass is 32.2. The Morgan fingerprint density at radius 2 is 1.78 bits per heavy atom. The number of nitrogens with zero attached hydrogens (tertiary/aromatic N) is 3. The topological polar surface area (TPSA) is 102 Å². The molecule has 3 aromatic rings. The highest BCUT2D eigenvalue weighted by Gasteiger charge is 2.37. The lowest BCUT2D eigenvalue weighted by atomic mass is 10.0. The average molecular weight is 392 g/mol. The lowest BCUT2D eigenvalue weighted by Crippen LogP contribution is -2.20. The molecule has 2 N–H and O–H groups in total. The van der Waals surface area contributed by atoms with E-state index in [0.717, 1.165) is 16.8 Å². The predicted molar refractivity (Wildman–Crippen MR) is 90.1 cm³/mol. The highest BCUT2D eigenvalue weighted by molar-refractivity contribution is 7.89. The Morgan fingerprint density at radius 3 is 2.26 bits per heavy atom. The van der Waals surface area contributed by atoms with Crippen LogP contribution in [-0.2, 0) is 16.2 Å². The summed E-state index contributed by atoms with van der Waals surface area (Å²) in [4.78, 5) is -0.708. The van der Waals surface area contributed by atoms with Gasteiger partial charge in [0.1, 0.15) is 4.90 Å². The summed E-state index contributed by atoms with van der Waals surface area (Å²) in [5.41, 5.74) is -1.26. The SMILES string of the molecule is N#Cc1ccc(-c2cc(C(F)(F)F)c(-n3cccn3)c(S(N)(=O)=O)c2)cc1. The van der Waals surface area contributed by atoms with E-state index in [1.54, 1.807) is 0 Å². The Kier molecular flexibility index (Phi) is 4.51. The Hall–Kier alpha value is -3.16. The summed E-state index contributed by atoms with van der Waals surface area (Å²) < 4.78 is 66.0.